The number of hydrogen-bond donors (Lipinski definition) is 18. The van der Waals surface area contributed by atoms with Crippen LogP contribution >= 0.6 is 0 Å². The van der Waals surface area contributed by atoms with Gasteiger partial charge in [-0.3, -0.25) is 48.6 Å². The lowest BCUT2D eigenvalue weighted by atomic mass is 9.96. The maximum absolute atomic E-state index is 14.9. The minimum atomic E-state index is -2.69. The number of esters is 1. The standard InChI is InChI=1S/C65H91F5N14O19/c1-11-31(6)44(80-54(91)35(23-18-24-74-62(72)73)76-55(92)36(25-29(2)3)77-59(96)48(50(88)30(4)5)84-64(100)103-65(8,9)10)58(95)81-45(32(7)86)57(94)75-26-38(87)79-49(51(89)53(71)90)60(97)78-37(27-85)56(93)82-46(34-21-16-13-17-22-34)47(83-63(99)101-28-33-19-14-12-15-20-33)61(98)102-52-42(69)40(67)39(66)41(68)43(52)70/h12-17,19-22,29-32,35-37,44-51,85-86,88-89H,11,18,23-28H2,1-10H3,(H2,71,90)(H,75,94)(H,76,92)(H,77,96)(H,78,97)(H,79,87)(H,80,91)(H,81,95)(H,82,93)(H,83,99)(H,84,100)(H4,72,73,74)/t31-,32-,35+,36-,37-,44-,45?,46+,47-,48-,49-,50+,51-/m0/s1. The summed E-state index contributed by atoms with van der Waals surface area (Å²) in [6.07, 6.45) is -8.55. The summed E-state index contributed by atoms with van der Waals surface area (Å²) in [6.45, 7) is 12.4. The monoisotopic (exact) mass is 1470 g/mol. The van der Waals surface area contributed by atoms with Gasteiger partial charge >= 0.3 is 18.2 Å². The first-order valence-electron chi connectivity index (χ1n) is 32.3. The Labute approximate surface area is 588 Å². The second kappa shape index (κ2) is 40.9. The molecule has 0 saturated heterocycles. The smallest absolute Gasteiger partial charge is 0.408 e. The summed E-state index contributed by atoms with van der Waals surface area (Å²) in [7, 11) is 0. The van der Waals surface area contributed by atoms with Crippen molar-refractivity contribution in [1.29, 1.82) is 5.41 Å². The molecule has 20 N–H and O–H groups in total. The average Bonchev–Trinajstić information content (AvgIpc) is 0.790. The van der Waals surface area contributed by atoms with E-state index in [0.29, 0.717) is 5.56 Å². The quantitative estimate of drug-likeness (QED) is 0.00476. The molecule has 0 aliphatic carbocycles. The van der Waals surface area contributed by atoms with Crippen LogP contribution in [0.2, 0.25) is 0 Å². The number of halogens is 5. The maximum atomic E-state index is 14.9. The first kappa shape index (κ1) is 86.9. The van der Waals surface area contributed by atoms with Gasteiger partial charge < -0.3 is 105 Å². The Morgan fingerprint density at radius 3 is 1.59 bits per heavy atom. The summed E-state index contributed by atoms with van der Waals surface area (Å²) >= 11 is 0. The van der Waals surface area contributed by atoms with E-state index in [1.165, 1.54) is 49.4 Å². The predicted molar refractivity (Wildman–Crippen MR) is 353 cm³/mol. The summed E-state index contributed by atoms with van der Waals surface area (Å²) < 4.78 is 87.7. The lowest BCUT2D eigenvalue weighted by molar-refractivity contribution is -0.140. The highest BCUT2D eigenvalue weighted by Gasteiger charge is 2.42. The van der Waals surface area contributed by atoms with Crippen molar-refractivity contribution in [3.05, 3.63) is 101 Å². The Morgan fingerprint density at radius 2 is 1.07 bits per heavy atom. The molecule has 0 aliphatic rings. The van der Waals surface area contributed by atoms with Gasteiger partial charge in [0, 0.05) is 6.54 Å². The fraction of sp³-hybridized carbons (Fsp3) is 0.523. The summed E-state index contributed by atoms with van der Waals surface area (Å²) in [5.41, 5.74) is 9.89. The van der Waals surface area contributed by atoms with Gasteiger partial charge in [-0.1, -0.05) is 109 Å². The van der Waals surface area contributed by atoms with Gasteiger partial charge in [-0.05, 0) is 75.8 Å². The zero-order chi connectivity index (χ0) is 77.9. The molecule has 33 nitrogen and oxygen atoms in total. The minimum absolute atomic E-state index is 0.00386. The van der Waals surface area contributed by atoms with Crippen LogP contribution in [0.3, 0.4) is 0 Å². The van der Waals surface area contributed by atoms with Crippen LogP contribution in [-0.4, -0.2) is 190 Å². The highest BCUT2D eigenvalue weighted by atomic mass is 19.2. The van der Waals surface area contributed by atoms with E-state index in [9.17, 15) is 99.9 Å². The molecule has 0 fully saturated rings. The van der Waals surface area contributed by atoms with E-state index in [0.717, 1.165) is 6.92 Å². The molecule has 1 unspecified atom stereocenters. The Hall–Kier alpha value is -10.3. The second-order valence-electron chi connectivity index (χ2n) is 25.4. The third-order valence-corrected chi connectivity index (χ3v) is 15.1. The number of benzene rings is 3. The number of nitrogens with one attached hydrogen (secondary N) is 12. The van der Waals surface area contributed by atoms with Gasteiger partial charge in [0.2, 0.25) is 88.0 Å². The first-order valence-corrected chi connectivity index (χ1v) is 32.3. The van der Waals surface area contributed by atoms with Crippen molar-refractivity contribution < 1.29 is 114 Å². The van der Waals surface area contributed by atoms with E-state index in [1.807, 2.05) is 16.0 Å². The largest absolute Gasteiger partial charge is 0.445 e. The zero-order valence-electron chi connectivity index (χ0n) is 58.0. The predicted octanol–water partition coefficient (Wildman–Crippen LogP) is -1.05. The number of aliphatic hydroxyl groups is 4. The minimum Gasteiger partial charge on any atom is -0.445 e. The molecule has 0 saturated carbocycles. The van der Waals surface area contributed by atoms with Crippen molar-refractivity contribution >= 4 is 77.3 Å². The summed E-state index contributed by atoms with van der Waals surface area (Å²) in [5.74, 6) is -31.0. The van der Waals surface area contributed by atoms with Crippen LogP contribution in [0.15, 0.2) is 60.7 Å². The van der Waals surface area contributed by atoms with Crippen LogP contribution in [0.1, 0.15) is 112 Å². The topological polar surface area (TPSA) is 522 Å². The normalized spacial score (nSPS) is 15.1. The highest BCUT2D eigenvalue weighted by Crippen LogP contribution is 2.31. The van der Waals surface area contributed by atoms with Crippen molar-refractivity contribution in [2.75, 3.05) is 19.7 Å². The number of alkyl carbamates (subject to hydrolysis) is 2. The molecule has 3 aromatic carbocycles. The fourth-order valence-electron chi connectivity index (χ4n) is 9.46. The third-order valence-electron chi connectivity index (χ3n) is 15.1. The van der Waals surface area contributed by atoms with Gasteiger partial charge in [-0.25, -0.2) is 27.6 Å². The maximum Gasteiger partial charge on any atom is 0.408 e. The van der Waals surface area contributed by atoms with Crippen LogP contribution < -0.4 is 74.7 Å². The molecule has 3 aromatic rings. The van der Waals surface area contributed by atoms with Gasteiger partial charge in [0.25, 0.3) is 0 Å². The molecule has 0 radical (unpaired) electrons. The molecule has 0 aromatic heterocycles. The van der Waals surface area contributed by atoms with Gasteiger partial charge in [-0.2, -0.15) is 8.78 Å². The van der Waals surface area contributed by atoms with Crippen molar-refractivity contribution in [1.82, 2.24) is 58.5 Å². The van der Waals surface area contributed by atoms with E-state index < -0.39 is 222 Å². The highest BCUT2D eigenvalue weighted by molar-refractivity contribution is 5.99. The van der Waals surface area contributed by atoms with Crippen molar-refractivity contribution in [3.8, 4) is 5.75 Å². The number of nitrogens with two attached hydrogens (primary N) is 2. The van der Waals surface area contributed by atoms with Crippen molar-refractivity contribution in [2.45, 2.75) is 180 Å². The first-order chi connectivity index (χ1) is 48.1. The molecule has 11 amide bonds. The molecule has 0 aliphatic heterocycles. The Bertz CT molecular complexity index is 3440. The number of guanidine groups is 1. The third kappa shape index (κ3) is 27.5. The molecule has 0 spiro atoms. The van der Waals surface area contributed by atoms with Crippen molar-refractivity contribution in [2.24, 2.45) is 29.2 Å². The second-order valence-corrected chi connectivity index (χ2v) is 25.4. The number of aliphatic hydroxyl groups excluding tert-OH is 4. The van der Waals surface area contributed by atoms with E-state index in [2.05, 4.69) is 47.3 Å². The summed E-state index contributed by atoms with van der Waals surface area (Å²) in [5, 5.41) is 75.6. The van der Waals surface area contributed by atoms with E-state index in [1.54, 1.807) is 73.6 Å². The SMILES string of the molecule is CC[C@H](C)[C@H](NC(=O)[C@@H](CCCNC(=N)N)NC(=O)[C@H](CC(C)C)NC(=O)[C@@H](NC(=O)OC(C)(C)C)[C@H](O)C(C)C)C(=O)NC(C(=O)NCC(=O)N[C@H](C(=O)N[C@@H](CO)C(=O)N[C@H](c1ccccc1)[C@H](NC(=O)OCc1ccccc1)C(=O)Oc1c(F)c(F)c(F)c(F)c1F)[C@H](O)C(N)=O)[C@H](C)O. The Balaban J connectivity index is 1.90. The number of amides is 11. The van der Waals surface area contributed by atoms with E-state index in [4.69, 9.17) is 26.4 Å². The van der Waals surface area contributed by atoms with Crippen LogP contribution in [-0.2, 0) is 64.0 Å². The molecule has 0 bridgehead atoms. The van der Waals surface area contributed by atoms with Crippen LogP contribution in [0.4, 0.5) is 31.5 Å². The zero-order valence-corrected chi connectivity index (χ0v) is 58.0. The number of primary amides is 1. The molecular formula is C65H91F5N14O19. The van der Waals surface area contributed by atoms with Gasteiger partial charge in [0.15, 0.2) is 18.1 Å². The lowest BCUT2D eigenvalue weighted by Gasteiger charge is -2.31. The molecule has 103 heavy (non-hydrogen) atoms. The molecular weight excluding hydrogens is 1380 g/mol. The number of carbonyl (C=O) groups is 12. The number of hydrogen-bond acceptors (Lipinski definition) is 20. The number of ether oxygens (including phenoxy) is 3. The van der Waals surface area contributed by atoms with Crippen LogP contribution in [0.25, 0.3) is 0 Å². The molecule has 38 heteroatoms. The van der Waals surface area contributed by atoms with Gasteiger partial charge in [0.1, 0.15) is 54.5 Å². The fourth-order valence-corrected chi connectivity index (χ4v) is 9.46. The van der Waals surface area contributed by atoms with Gasteiger partial charge in [0.05, 0.1) is 31.4 Å². The average molecular weight is 1470 g/mol. The Morgan fingerprint density at radius 1 is 0.563 bits per heavy atom. The van der Waals surface area contributed by atoms with Crippen molar-refractivity contribution in [3.63, 3.8) is 0 Å². The van der Waals surface area contributed by atoms with E-state index in [-0.39, 0.29) is 43.7 Å². The number of rotatable bonds is 38. The molecule has 0 heterocycles. The lowest BCUT2D eigenvalue weighted by Crippen LogP contribution is -2.63. The van der Waals surface area contributed by atoms with Crippen LogP contribution in [0, 0.1) is 52.2 Å². The Kier molecular flexibility index (Phi) is 34.5. The summed E-state index contributed by atoms with van der Waals surface area (Å²) in [4.78, 5) is 165. The number of carbonyl (C=O) groups excluding carboxylic acids is 12. The molecule has 13 atom stereocenters. The van der Waals surface area contributed by atoms with Gasteiger partial charge in [-0.15, -0.1) is 0 Å². The molecule has 570 valence electrons. The molecule has 3 rings (SSSR count). The summed E-state index contributed by atoms with van der Waals surface area (Å²) in [6, 6.07) is -3.36. The van der Waals surface area contributed by atoms with Crippen LogP contribution in [0.5, 0.6) is 5.75 Å². The van der Waals surface area contributed by atoms with E-state index >= 15 is 0 Å².